The highest BCUT2D eigenvalue weighted by Gasteiger charge is 2.21. The molecule has 0 unspecified atom stereocenters. The normalized spacial score (nSPS) is 14.5. The summed E-state index contributed by atoms with van der Waals surface area (Å²) in [7, 11) is 1.67. The third kappa shape index (κ3) is 9.88. The summed E-state index contributed by atoms with van der Waals surface area (Å²) in [6, 6.07) is 7.89. The van der Waals surface area contributed by atoms with Gasteiger partial charge in [-0.05, 0) is 18.9 Å². The van der Waals surface area contributed by atoms with Gasteiger partial charge in [-0.25, -0.2) is 0 Å². The third-order valence-corrected chi connectivity index (χ3v) is 6.48. The molecule has 6 heteroatoms. The van der Waals surface area contributed by atoms with E-state index in [2.05, 4.69) is 11.8 Å². The fourth-order valence-corrected chi connectivity index (χ4v) is 4.32. The molecule has 0 bridgehead atoms. The Hall–Kier alpha value is -2.34. The number of methoxy groups -OCH3 is 1. The van der Waals surface area contributed by atoms with Crippen molar-refractivity contribution in [3.05, 3.63) is 35.9 Å². The molecule has 1 aliphatic heterocycles. The SMILES string of the molecule is CCCCCCCC(=O)N1CCN(CCN(C/C=C/c2ccccc2OC)C(=O)CCC)CC1. The predicted octanol–water partition coefficient (Wildman–Crippen LogP) is 4.84. The maximum Gasteiger partial charge on any atom is 0.222 e. The maximum absolute atomic E-state index is 12.7. The number of piperazine rings is 1. The van der Waals surface area contributed by atoms with E-state index < -0.39 is 0 Å². The molecule has 1 aromatic rings. The smallest absolute Gasteiger partial charge is 0.222 e. The van der Waals surface area contributed by atoms with Crippen molar-refractivity contribution in [2.24, 2.45) is 0 Å². The van der Waals surface area contributed by atoms with Gasteiger partial charge in [0.25, 0.3) is 0 Å². The van der Waals surface area contributed by atoms with E-state index in [-0.39, 0.29) is 5.91 Å². The molecule has 34 heavy (non-hydrogen) atoms. The van der Waals surface area contributed by atoms with Crippen molar-refractivity contribution < 1.29 is 14.3 Å². The van der Waals surface area contributed by atoms with Gasteiger partial charge in [0.15, 0.2) is 0 Å². The Morgan fingerprint density at radius 3 is 2.41 bits per heavy atom. The number of hydrogen-bond donors (Lipinski definition) is 0. The van der Waals surface area contributed by atoms with Gasteiger partial charge in [-0.2, -0.15) is 0 Å². The van der Waals surface area contributed by atoms with Gasteiger partial charge >= 0.3 is 0 Å². The highest BCUT2D eigenvalue weighted by atomic mass is 16.5. The standard InChI is InChI=1S/C28H45N3O3/c1-4-6-7-8-9-17-28(33)31-23-20-29(21-24-31)19-22-30(27(32)13-5-2)18-12-15-25-14-10-11-16-26(25)34-3/h10-12,14-16H,4-9,13,17-24H2,1-3H3/b15-12+. The lowest BCUT2D eigenvalue weighted by Crippen LogP contribution is -2.50. The van der Waals surface area contributed by atoms with Crippen LogP contribution in [0, 0.1) is 0 Å². The molecule has 2 rings (SSSR count). The van der Waals surface area contributed by atoms with Crippen LogP contribution < -0.4 is 4.74 Å². The van der Waals surface area contributed by atoms with Crippen molar-refractivity contribution in [1.29, 1.82) is 0 Å². The number of carbonyl (C=O) groups is 2. The van der Waals surface area contributed by atoms with Crippen molar-refractivity contribution in [2.75, 3.05) is 52.9 Å². The first-order chi connectivity index (χ1) is 16.6. The first-order valence-corrected chi connectivity index (χ1v) is 13.2. The molecule has 2 amide bonds. The van der Waals surface area contributed by atoms with Gasteiger partial charge in [0.1, 0.15) is 5.75 Å². The van der Waals surface area contributed by atoms with Crippen molar-refractivity contribution >= 4 is 17.9 Å². The Bertz CT molecular complexity index is 757. The summed E-state index contributed by atoms with van der Waals surface area (Å²) in [6.07, 6.45) is 12.1. The highest BCUT2D eigenvalue weighted by molar-refractivity contribution is 5.77. The van der Waals surface area contributed by atoms with E-state index in [0.29, 0.717) is 31.8 Å². The molecule has 0 spiro atoms. The second kappa shape index (κ2) is 16.3. The zero-order chi connectivity index (χ0) is 24.6. The second-order valence-electron chi connectivity index (χ2n) is 9.12. The average Bonchev–Trinajstić information content (AvgIpc) is 2.86. The van der Waals surface area contributed by atoms with Crippen LogP contribution in [-0.2, 0) is 9.59 Å². The monoisotopic (exact) mass is 471 g/mol. The molecule has 1 aliphatic rings. The molecular formula is C28H45N3O3. The number of benzene rings is 1. The highest BCUT2D eigenvalue weighted by Crippen LogP contribution is 2.18. The van der Waals surface area contributed by atoms with Gasteiger partial charge in [0.05, 0.1) is 7.11 Å². The van der Waals surface area contributed by atoms with Crippen LogP contribution in [0.1, 0.15) is 70.8 Å². The van der Waals surface area contributed by atoms with Gasteiger partial charge in [-0.1, -0.05) is 69.9 Å². The third-order valence-electron chi connectivity index (χ3n) is 6.48. The number of para-hydroxylation sites is 1. The Balaban J connectivity index is 1.78. The zero-order valence-corrected chi connectivity index (χ0v) is 21.6. The summed E-state index contributed by atoms with van der Waals surface area (Å²) < 4.78 is 5.41. The van der Waals surface area contributed by atoms with E-state index >= 15 is 0 Å². The summed E-state index contributed by atoms with van der Waals surface area (Å²) in [5.41, 5.74) is 1.01. The first-order valence-electron chi connectivity index (χ1n) is 13.2. The van der Waals surface area contributed by atoms with Crippen molar-refractivity contribution in [3.63, 3.8) is 0 Å². The lowest BCUT2D eigenvalue weighted by molar-refractivity contribution is -0.133. The Morgan fingerprint density at radius 2 is 1.71 bits per heavy atom. The summed E-state index contributed by atoms with van der Waals surface area (Å²) in [5, 5.41) is 0. The number of amides is 2. The summed E-state index contributed by atoms with van der Waals surface area (Å²) in [4.78, 5) is 31.5. The van der Waals surface area contributed by atoms with Crippen LogP contribution in [0.3, 0.4) is 0 Å². The molecule has 0 saturated carbocycles. The summed E-state index contributed by atoms with van der Waals surface area (Å²) in [5.74, 6) is 1.33. The van der Waals surface area contributed by atoms with E-state index in [9.17, 15) is 9.59 Å². The molecule has 1 heterocycles. The quantitative estimate of drug-likeness (QED) is 0.344. The fraction of sp³-hybridized carbons (Fsp3) is 0.643. The number of rotatable bonds is 15. The number of carbonyl (C=O) groups excluding carboxylic acids is 2. The molecule has 1 fully saturated rings. The minimum absolute atomic E-state index is 0.198. The topological polar surface area (TPSA) is 53.1 Å². The Kier molecular flexibility index (Phi) is 13.4. The van der Waals surface area contributed by atoms with E-state index in [1.807, 2.05) is 53.1 Å². The summed E-state index contributed by atoms with van der Waals surface area (Å²) in [6.45, 7) is 9.76. The van der Waals surface area contributed by atoms with Crippen LogP contribution >= 0.6 is 0 Å². The molecule has 6 nitrogen and oxygen atoms in total. The van der Waals surface area contributed by atoms with Crippen LogP contribution in [0.2, 0.25) is 0 Å². The minimum Gasteiger partial charge on any atom is -0.496 e. The first kappa shape index (κ1) is 27.9. The Labute approximate surface area is 206 Å². The van der Waals surface area contributed by atoms with E-state index in [1.165, 1.54) is 19.3 Å². The predicted molar refractivity (Wildman–Crippen MR) is 140 cm³/mol. The number of nitrogens with zero attached hydrogens (tertiary/aromatic N) is 3. The second-order valence-corrected chi connectivity index (χ2v) is 9.12. The van der Waals surface area contributed by atoms with E-state index in [1.54, 1.807) is 7.11 Å². The number of hydrogen-bond acceptors (Lipinski definition) is 4. The molecule has 1 saturated heterocycles. The minimum atomic E-state index is 0.198. The number of unbranched alkanes of at least 4 members (excludes halogenated alkanes) is 4. The molecule has 0 aromatic heterocycles. The number of ether oxygens (including phenoxy) is 1. The molecule has 190 valence electrons. The largest absolute Gasteiger partial charge is 0.496 e. The average molecular weight is 472 g/mol. The lowest BCUT2D eigenvalue weighted by atomic mass is 10.1. The van der Waals surface area contributed by atoms with E-state index in [0.717, 1.165) is 63.3 Å². The molecule has 0 N–H and O–H groups in total. The van der Waals surface area contributed by atoms with Crippen LogP contribution in [0.15, 0.2) is 30.3 Å². The van der Waals surface area contributed by atoms with E-state index in [4.69, 9.17) is 4.74 Å². The van der Waals surface area contributed by atoms with Crippen molar-refractivity contribution in [1.82, 2.24) is 14.7 Å². The van der Waals surface area contributed by atoms with Crippen molar-refractivity contribution in [2.45, 2.75) is 65.2 Å². The van der Waals surface area contributed by atoms with Gasteiger partial charge in [0, 0.05) is 64.2 Å². The van der Waals surface area contributed by atoms with Gasteiger partial charge in [0.2, 0.25) is 11.8 Å². The lowest BCUT2D eigenvalue weighted by Gasteiger charge is -2.36. The van der Waals surface area contributed by atoms with Crippen LogP contribution in [-0.4, -0.2) is 79.4 Å². The maximum atomic E-state index is 12.7. The molecular weight excluding hydrogens is 426 g/mol. The fourth-order valence-electron chi connectivity index (χ4n) is 4.32. The van der Waals surface area contributed by atoms with Gasteiger partial charge < -0.3 is 14.5 Å². The van der Waals surface area contributed by atoms with Crippen LogP contribution in [0.4, 0.5) is 0 Å². The molecule has 1 aromatic carbocycles. The summed E-state index contributed by atoms with van der Waals surface area (Å²) >= 11 is 0. The van der Waals surface area contributed by atoms with Crippen LogP contribution in [0.25, 0.3) is 6.08 Å². The van der Waals surface area contributed by atoms with Crippen LogP contribution in [0.5, 0.6) is 5.75 Å². The van der Waals surface area contributed by atoms with Crippen molar-refractivity contribution in [3.8, 4) is 5.75 Å². The van der Waals surface area contributed by atoms with Gasteiger partial charge in [-0.3, -0.25) is 14.5 Å². The zero-order valence-electron chi connectivity index (χ0n) is 21.6. The molecule has 0 aliphatic carbocycles. The Morgan fingerprint density at radius 1 is 0.971 bits per heavy atom. The molecule has 0 atom stereocenters. The van der Waals surface area contributed by atoms with Gasteiger partial charge in [-0.15, -0.1) is 0 Å². The molecule has 0 radical (unpaired) electrons.